The van der Waals surface area contributed by atoms with Crippen LogP contribution in [0.4, 0.5) is 5.69 Å². The zero-order valence-corrected chi connectivity index (χ0v) is 24.3. The molecule has 0 spiro atoms. The molecule has 202 valence electrons. The maximum absolute atomic E-state index is 13.9. The maximum Gasteiger partial charge on any atom is 0.264 e. The molecule has 2 amide bonds. The van der Waals surface area contributed by atoms with Gasteiger partial charge in [0.25, 0.3) is 10.0 Å². The van der Waals surface area contributed by atoms with Crippen LogP contribution in [-0.2, 0) is 26.0 Å². The van der Waals surface area contributed by atoms with Crippen molar-refractivity contribution in [1.82, 2.24) is 10.2 Å². The molecule has 1 N–H and O–H groups in total. The molecule has 3 aromatic carbocycles. The van der Waals surface area contributed by atoms with Crippen LogP contribution in [0.1, 0.15) is 31.4 Å². The SMILES string of the molecule is CCNC(=O)[C@H](CC)N(CCc1ccccc1)C(=O)CN(c1ccc(Br)cc1)S(=O)(=O)c1ccc(C)cc1. The first kappa shape index (κ1) is 29.4. The highest BCUT2D eigenvalue weighted by Crippen LogP contribution is 2.26. The van der Waals surface area contributed by atoms with Crippen molar-refractivity contribution in [1.29, 1.82) is 0 Å². The Hall–Kier alpha value is -3.17. The number of benzene rings is 3. The van der Waals surface area contributed by atoms with E-state index in [9.17, 15) is 18.0 Å². The summed E-state index contributed by atoms with van der Waals surface area (Å²) >= 11 is 3.39. The number of nitrogens with zero attached hydrogens (tertiary/aromatic N) is 2. The van der Waals surface area contributed by atoms with Crippen LogP contribution in [0.25, 0.3) is 0 Å². The fraction of sp³-hybridized carbons (Fsp3) is 0.310. The largest absolute Gasteiger partial charge is 0.355 e. The van der Waals surface area contributed by atoms with Gasteiger partial charge in [-0.2, -0.15) is 0 Å². The first-order chi connectivity index (χ1) is 18.2. The van der Waals surface area contributed by atoms with E-state index in [1.165, 1.54) is 17.0 Å². The third-order valence-corrected chi connectivity index (χ3v) is 8.54. The van der Waals surface area contributed by atoms with Gasteiger partial charge in [-0.1, -0.05) is 70.9 Å². The van der Waals surface area contributed by atoms with Gasteiger partial charge in [-0.15, -0.1) is 0 Å². The molecule has 0 bridgehead atoms. The Labute approximate surface area is 234 Å². The summed E-state index contributed by atoms with van der Waals surface area (Å²) in [6.45, 7) is 5.81. The van der Waals surface area contributed by atoms with Gasteiger partial charge in [-0.3, -0.25) is 13.9 Å². The lowest BCUT2D eigenvalue weighted by molar-refractivity contribution is -0.139. The number of carbonyl (C=O) groups is 2. The second-order valence-electron chi connectivity index (χ2n) is 8.94. The number of halogens is 1. The number of sulfonamides is 1. The number of hydrogen-bond donors (Lipinski definition) is 1. The number of likely N-dealkylation sites (N-methyl/N-ethyl adjacent to an activating group) is 1. The Morgan fingerprint density at radius 3 is 2.13 bits per heavy atom. The predicted molar refractivity (Wildman–Crippen MR) is 154 cm³/mol. The van der Waals surface area contributed by atoms with Crippen molar-refractivity contribution < 1.29 is 18.0 Å². The number of anilines is 1. The monoisotopic (exact) mass is 599 g/mol. The molecule has 3 rings (SSSR count). The zero-order chi connectivity index (χ0) is 27.7. The van der Waals surface area contributed by atoms with E-state index in [1.807, 2.05) is 51.1 Å². The van der Waals surface area contributed by atoms with Crippen molar-refractivity contribution in [3.05, 3.63) is 94.5 Å². The summed E-state index contributed by atoms with van der Waals surface area (Å²) in [7, 11) is -4.07. The highest BCUT2D eigenvalue weighted by molar-refractivity contribution is 9.10. The van der Waals surface area contributed by atoms with Gasteiger partial charge < -0.3 is 10.2 Å². The number of rotatable bonds is 12. The first-order valence-electron chi connectivity index (χ1n) is 12.6. The second kappa shape index (κ2) is 13.6. The average molecular weight is 601 g/mol. The molecule has 0 saturated carbocycles. The van der Waals surface area contributed by atoms with Crippen LogP contribution in [0.2, 0.25) is 0 Å². The van der Waals surface area contributed by atoms with Crippen LogP contribution in [0.5, 0.6) is 0 Å². The van der Waals surface area contributed by atoms with Crippen molar-refractivity contribution in [2.75, 3.05) is 23.9 Å². The second-order valence-corrected chi connectivity index (χ2v) is 11.7. The lowest BCUT2D eigenvalue weighted by Gasteiger charge is -2.33. The van der Waals surface area contributed by atoms with Crippen molar-refractivity contribution in [2.24, 2.45) is 0 Å². The summed E-state index contributed by atoms with van der Waals surface area (Å²) in [5.74, 6) is -0.703. The zero-order valence-electron chi connectivity index (χ0n) is 21.9. The molecule has 38 heavy (non-hydrogen) atoms. The van der Waals surface area contributed by atoms with Crippen molar-refractivity contribution in [3.8, 4) is 0 Å². The highest BCUT2D eigenvalue weighted by atomic mass is 79.9. The lowest BCUT2D eigenvalue weighted by atomic mass is 10.1. The Kier molecular flexibility index (Phi) is 10.5. The van der Waals surface area contributed by atoms with E-state index in [0.717, 1.165) is 19.9 Å². The summed E-state index contributed by atoms with van der Waals surface area (Å²) < 4.78 is 29.5. The van der Waals surface area contributed by atoms with E-state index in [4.69, 9.17) is 0 Å². The topological polar surface area (TPSA) is 86.8 Å². The van der Waals surface area contributed by atoms with E-state index in [0.29, 0.717) is 25.1 Å². The number of carbonyl (C=O) groups excluding carboxylic acids is 2. The van der Waals surface area contributed by atoms with Gasteiger partial charge in [-0.25, -0.2) is 8.42 Å². The molecular formula is C29H34BrN3O4S. The fourth-order valence-electron chi connectivity index (χ4n) is 4.16. The molecule has 0 heterocycles. The van der Waals surface area contributed by atoms with Crippen LogP contribution in [0, 0.1) is 6.92 Å². The van der Waals surface area contributed by atoms with E-state index >= 15 is 0 Å². The Bertz CT molecular complexity index is 1310. The van der Waals surface area contributed by atoms with Crippen molar-refractivity contribution in [3.63, 3.8) is 0 Å². The normalized spacial score (nSPS) is 12.0. The summed E-state index contributed by atoms with van der Waals surface area (Å²) in [6.07, 6.45) is 0.931. The molecule has 0 fully saturated rings. The summed E-state index contributed by atoms with van der Waals surface area (Å²) in [6, 6.07) is 22.3. The molecule has 0 aromatic heterocycles. The molecule has 0 radical (unpaired) electrons. The standard InChI is InChI=1S/C29H34BrN3O4S/c1-4-27(29(35)31-5-2)32(20-19-23-9-7-6-8-10-23)28(34)21-33(25-15-13-24(30)14-16-25)38(36,37)26-17-11-22(3)12-18-26/h6-18,27H,4-5,19-21H2,1-3H3,(H,31,35)/t27-/m0/s1. The molecule has 7 nitrogen and oxygen atoms in total. The lowest BCUT2D eigenvalue weighted by Crippen LogP contribution is -2.53. The average Bonchev–Trinajstić information content (AvgIpc) is 2.91. The summed E-state index contributed by atoms with van der Waals surface area (Å²) in [5.41, 5.74) is 2.30. The smallest absolute Gasteiger partial charge is 0.264 e. The molecule has 0 saturated heterocycles. The molecule has 9 heteroatoms. The van der Waals surface area contributed by atoms with Gasteiger partial charge in [0, 0.05) is 17.6 Å². The van der Waals surface area contributed by atoms with Crippen LogP contribution in [-0.4, -0.2) is 50.8 Å². The highest BCUT2D eigenvalue weighted by Gasteiger charge is 2.33. The molecular weight excluding hydrogens is 566 g/mol. The van der Waals surface area contributed by atoms with Crippen LogP contribution >= 0.6 is 15.9 Å². The minimum atomic E-state index is -4.07. The number of amides is 2. The van der Waals surface area contributed by atoms with Crippen molar-refractivity contribution in [2.45, 2.75) is 44.6 Å². The van der Waals surface area contributed by atoms with E-state index < -0.39 is 28.5 Å². The minimum absolute atomic E-state index is 0.0884. The van der Waals surface area contributed by atoms with Gasteiger partial charge in [-0.05, 0) is 68.7 Å². The molecule has 0 aliphatic carbocycles. The van der Waals surface area contributed by atoms with Crippen molar-refractivity contribution >= 4 is 43.5 Å². The predicted octanol–water partition coefficient (Wildman–Crippen LogP) is 4.94. The molecule has 1 atom stereocenters. The Morgan fingerprint density at radius 2 is 1.55 bits per heavy atom. The van der Waals surface area contributed by atoms with Gasteiger partial charge in [0.05, 0.1) is 10.6 Å². The fourth-order valence-corrected chi connectivity index (χ4v) is 5.84. The van der Waals surface area contributed by atoms with Gasteiger partial charge in [0.2, 0.25) is 11.8 Å². The van der Waals surface area contributed by atoms with Crippen LogP contribution in [0.3, 0.4) is 0 Å². The molecule has 3 aromatic rings. The first-order valence-corrected chi connectivity index (χ1v) is 14.9. The van der Waals surface area contributed by atoms with Crippen LogP contribution < -0.4 is 9.62 Å². The third-order valence-electron chi connectivity index (χ3n) is 6.22. The van der Waals surface area contributed by atoms with E-state index in [2.05, 4.69) is 21.2 Å². The van der Waals surface area contributed by atoms with Gasteiger partial charge in [0.15, 0.2) is 0 Å². The number of hydrogen-bond acceptors (Lipinski definition) is 4. The number of nitrogens with one attached hydrogen (secondary N) is 1. The maximum atomic E-state index is 13.9. The molecule has 0 aliphatic rings. The van der Waals surface area contributed by atoms with E-state index in [1.54, 1.807) is 36.4 Å². The Morgan fingerprint density at radius 1 is 0.921 bits per heavy atom. The van der Waals surface area contributed by atoms with Gasteiger partial charge >= 0.3 is 0 Å². The Balaban J connectivity index is 1.99. The molecule has 0 unspecified atom stereocenters. The van der Waals surface area contributed by atoms with E-state index in [-0.39, 0.29) is 17.3 Å². The minimum Gasteiger partial charge on any atom is -0.355 e. The quantitative estimate of drug-likeness (QED) is 0.319. The number of aryl methyl sites for hydroxylation is 1. The van der Waals surface area contributed by atoms with Crippen LogP contribution in [0.15, 0.2) is 88.2 Å². The summed E-state index contributed by atoms with van der Waals surface area (Å²) in [5, 5.41) is 2.81. The van der Waals surface area contributed by atoms with Gasteiger partial charge in [0.1, 0.15) is 12.6 Å². The summed E-state index contributed by atoms with van der Waals surface area (Å²) in [4.78, 5) is 28.4. The molecule has 0 aliphatic heterocycles. The third kappa shape index (κ3) is 7.45.